The molecule has 21 heavy (non-hydrogen) atoms. The molecule has 2 aromatic heterocycles. The lowest BCUT2D eigenvalue weighted by atomic mass is 10.1. The van der Waals surface area contributed by atoms with Gasteiger partial charge in [0, 0.05) is 18.0 Å². The highest BCUT2D eigenvalue weighted by Crippen LogP contribution is 2.13. The van der Waals surface area contributed by atoms with Crippen LogP contribution in [0.4, 0.5) is 0 Å². The first-order chi connectivity index (χ1) is 10.0. The van der Waals surface area contributed by atoms with E-state index in [1.165, 1.54) is 17.0 Å². The van der Waals surface area contributed by atoms with E-state index in [2.05, 4.69) is 9.97 Å². The second-order valence-electron chi connectivity index (χ2n) is 4.63. The predicted octanol–water partition coefficient (Wildman–Crippen LogP) is 1.48. The molecule has 2 aromatic rings. The number of pyridine rings is 1. The van der Waals surface area contributed by atoms with Gasteiger partial charge in [-0.25, -0.2) is 14.8 Å². The Bertz CT molecular complexity index is 708. The van der Waals surface area contributed by atoms with Crippen LogP contribution in [0.5, 0.6) is 0 Å². The SMILES string of the molecule is CCOC(=O)c1c(C)cc(=O)n(Cc2ccncn2)c1C. The molecule has 0 bridgehead atoms. The van der Waals surface area contributed by atoms with Crippen LogP contribution in [-0.4, -0.2) is 27.1 Å². The molecular formula is C15H17N3O3. The summed E-state index contributed by atoms with van der Waals surface area (Å²) < 4.78 is 6.57. The smallest absolute Gasteiger partial charge is 0.340 e. The molecule has 0 spiro atoms. The Morgan fingerprint density at radius 2 is 2.14 bits per heavy atom. The Morgan fingerprint density at radius 1 is 1.38 bits per heavy atom. The number of nitrogens with zero attached hydrogens (tertiary/aromatic N) is 3. The van der Waals surface area contributed by atoms with E-state index in [-0.39, 0.29) is 5.56 Å². The van der Waals surface area contributed by atoms with Crippen LogP contribution < -0.4 is 5.56 Å². The molecule has 0 aliphatic heterocycles. The van der Waals surface area contributed by atoms with E-state index in [1.54, 1.807) is 33.0 Å². The molecule has 6 nitrogen and oxygen atoms in total. The van der Waals surface area contributed by atoms with E-state index in [9.17, 15) is 9.59 Å². The third-order valence-electron chi connectivity index (χ3n) is 3.21. The monoisotopic (exact) mass is 287 g/mol. The van der Waals surface area contributed by atoms with Gasteiger partial charge in [-0.2, -0.15) is 0 Å². The molecule has 0 unspecified atom stereocenters. The maximum absolute atomic E-state index is 12.2. The number of carbonyl (C=O) groups is 1. The molecule has 0 saturated heterocycles. The maximum atomic E-state index is 12.2. The normalized spacial score (nSPS) is 10.4. The Morgan fingerprint density at radius 3 is 2.76 bits per heavy atom. The molecule has 0 fully saturated rings. The molecule has 0 N–H and O–H groups in total. The van der Waals surface area contributed by atoms with Gasteiger partial charge in [-0.15, -0.1) is 0 Å². The van der Waals surface area contributed by atoms with Gasteiger partial charge in [0.1, 0.15) is 6.33 Å². The van der Waals surface area contributed by atoms with Gasteiger partial charge in [-0.1, -0.05) is 0 Å². The average molecular weight is 287 g/mol. The van der Waals surface area contributed by atoms with Crippen LogP contribution in [0.3, 0.4) is 0 Å². The van der Waals surface area contributed by atoms with Crippen molar-refractivity contribution in [1.29, 1.82) is 0 Å². The highest BCUT2D eigenvalue weighted by atomic mass is 16.5. The van der Waals surface area contributed by atoms with Gasteiger partial charge in [0.05, 0.1) is 24.4 Å². The molecular weight excluding hydrogens is 270 g/mol. The fraction of sp³-hybridized carbons (Fsp3) is 0.333. The summed E-state index contributed by atoms with van der Waals surface area (Å²) >= 11 is 0. The molecule has 6 heteroatoms. The van der Waals surface area contributed by atoms with Gasteiger partial charge < -0.3 is 9.30 Å². The number of aromatic nitrogens is 3. The van der Waals surface area contributed by atoms with Crippen LogP contribution >= 0.6 is 0 Å². The topological polar surface area (TPSA) is 74.1 Å². The summed E-state index contributed by atoms with van der Waals surface area (Å²) in [6, 6.07) is 3.18. The highest BCUT2D eigenvalue weighted by molar-refractivity contribution is 5.92. The van der Waals surface area contributed by atoms with Gasteiger partial charge in [-0.05, 0) is 32.4 Å². The molecule has 0 aliphatic carbocycles. The fourth-order valence-corrected chi connectivity index (χ4v) is 2.20. The second-order valence-corrected chi connectivity index (χ2v) is 4.63. The number of rotatable bonds is 4. The molecule has 0 amide bonds. The Hall–Kier alpha value is -2.50. The van der Waals surface area contributed by atoms with Crippen LogP contribution in [0.2, 0.25) is 0 Å². The minimum Gasteiger partial charge on any atom is -0.462 e. The minimum atomic E-state index is -0.413. The van der Waals surface area contributed by atoms with Gasteiger partial charge in [0.25, 0.3) is 5.56 Å². The van der Waals surface area contributed by atoms with Crippen molar-refractivity contribution < 1.29 is 9.53 Å². The van der Waals surface area contributed by atoms with Crippen molar-refractivity contribution >= 4 is 5.97 Å². The molecule has 2 rings (SSSR count). The average Bonchev–Trinajstić information content (AvgIpc) is 2.44. The van der Waals surface area contributed by atoms with E-state index in [1.807, 2.05) is 0 Å². The lowest BCUT2D eigenvalue weighted by Crippen LogP contribution is -2.27. The molecule has 0 aliphatic rings. The molecule has 2 heterocycles. The molecule has 0 aromatic carbocycles. The van der Waals surface area contributed by atoms with Crippen molar-refractivity contribution in [3.8, 4) is 0 Å². The number of carbonyl (C=O) groups excluding carboxylic acids is 1. The highest BCUT2D eigenvalue weighted by Gasteiger charge is 2.18. The Balaban J connectivity index is 2.49. The van der Waals surface area contributed by atoms with Crippen LogP contribution in [0.15, 0.2) is 29.5 Å². The van der Waals surface area contributed by atoms with Crippen molar-refractivity contribution in [2.24, 2.45) is 0 Å². The summed E-state index contributed by atoms with van der Waals surface area (Å²) in [5, 5.41) is 0. The van der Waals surface area contributed by atoms with Gasteiger partial charge >= 0.3 is 5.97 Å². The first-order valence-corrected chi connectivity index (χ1v) is 6.67. The van der Waals surface area contributed by atoms with E-state index in [4.69, 9.17) is 4.74 Å². The van der Waals surface area contributed by atoms with Crippen molar-refractivity contribution in [2.45, 2.75) is 27.3 Å². The number of hydrogen-bond donors (Lipinski definition) is 0. The van der Waals surface area contributed by atoms with Crippen LogP contribution in [0.1, 0.15) is 34.2 Å². The number of esters is 1. The van der Waals surface area contributed by atoms with Gasteiger partial charge in [0.15, 0.2) is 0 Å². The quantitative estimate of drug-likeness (QED) is 0.796. The molecule has 110 valence electrons. The van der Waals surface area contributed by atoms with E-state index in [0.29, 0.717) is 35.7 Å². The fourth-order valence-electron chi connectivity index (χ4n) is 2.20. The van der Waals surface area contributed by atoms with E-state index >= 15 is 0 Å². The standard InChI is InChI=1S/C15H17N3O3/c1-4-21-15(20)14-10(2)7-13(19)18(11(14)3)8-12-5-6-16-9-17-12/h5-7,9H,4,8H2,1-3H3. The molecule has 0 atom stereocenters. The summed E-state index contributed by atoms with van der Waals surface area (Å²) in [7, 11) is 0. The minimum absolute atomic E-state index is 0.170. The summed E-state index contributed by atoms with van der Waals surface area (Å²) in [5.74, 6) is -0.413. The molecule has 0 radical (unpaired) electrons. The summed E-state index contributed by atoms with van der Waals surface area (Å²) in [5.41, 5.74) is 2.17. The predicted molar refractivity (Wildman–Crippen MR) is 77.3 cm³/mol. The van der Waals surface area contributed by atoms with Crippen molar-refractivity contribution in [1.82, 2.24) is 14.5 Å². The third kappa shape index (κ3) is 3.16. The zero-order valence-corrected chi connectivity index (χ0v) is 12.3. The largest absolute Gasteiger partial charge is 0.462 e. The number of hydrogen-bond acceptors (Lipinski definition) is 5. The lowest BCUT2D eigenvalue weighted by Gasteiger charge is -2.15. The number of ether oxygens (including phenoxy) is 1. The van der Waals surface area contributed by atoms with Crippen molar-refractivity contribution in [3.63, 3.8) is 0 Å². The first kappa shape index (κ1) is 14.9. The van der Waals surface area contributed by atoms with Gasteiger partial charge in [0.2, 0.25) is 0 Å². The van der Waals surface area contributed by atoms with Crippen molar-refractivity contribution in [3.05, 3.63) is 57.5 Å². The third-order valence-corrected chi connectivity index (χ3v) is 3.21. The van der Waals surface area contributed by atoms with Crippen LogP contribution in [-0.2, 0) is 11.3 Å². The van der Waals surface area contributed by atoms with Crippen LogP contribution in [0.25, 0.3) is 0 Å². The maximum Gasteiger partial charge on any atom is 0.340 e. The summed E-state index contributed by atoms with van der Waals surface area (Å²) in [6.07, 6.45) is 3.04. The van der Waals surface area contributed by atoms with E-state index in [0.717, 1.165) is 0 Å². The Kier molecular flexibility index (Phi) is 4.47. The number of aryl methyl sites for hydroxylation is 1. The lowest BCUT2D eigenvalue weighted by molar-refractivity contribution is 0.0523. The summed E-state index contributed by atoms with van der Waals surface area (Å²) in [4.78, 5) is 32.2. The molecule has 0 saturated carbocycles. The Labute approximate surface area is 122 Å². The second kappa shape index (κ2) is 6.30. The van der Waals surface area contributed by atoms with Crippen LogP contribution in [0, 0.1) is 13.8 Å². The summed E-state index contributed by atoms with van der Waals surface area (Å²) in [6.45, 7) is 5.81. The van der Waals surface area contributed by atoms with Crippen molar-refractivity contribution in [2.75, 3.05) is 6.61 Å². The zero-order chi connectivity index (χ0) is 15.4. The van der Waals surface area contributed by atoms with E-state index < -0.39 is 5.97 Å². The zero-order valence-electron chi connectivity index (χ0n) is 12.3. The first-order valence-electron chi connectivity index (χ1n) is 6.67. The van der Waals surface area contributed by atoms with Gasteiger partial charge in [-0.3, -0.25) is 4.79 Å².